The van der Waals surface area contributed by atoms with Crippen molar-refractivity contribution in [1.29, 1.82) is 0 Å². The van der Waals surface area contributed by atoms with Gasteiger partial charge < -0.3 is 27.2 Å². The highest BCUT2D eigenvalue weighted by atomic mass is 32.1. The van der Waals surface area contributed by atoms with Crippen molar-refractivity contribution in [1.82, 2.24) is 10.6 Å². The minimum atomic E-state index is -1.30. The van der Waals surface area contributed by atoms with Gasteiger partial charge in [0.25, 0.3) is 0 Å². The Morgan fingerprint density at radius 2 is 1.71 bits per heavy atom. The molecular formula is C11H20N4O5S. The summed E-state index contributed by atoms with van der Waals surface area (Å²) >= 11 is 3.93. The van der Waals surface area contributed by atoms with E-state index in [2.05, 4.69) is 23.3 Å². The van der Waals surface area contributed by atoms with Crippen LogP contribution in [0.25, 0.3) is 0 Å². The number of hydrogen-bond donors (Lipinski definition) is 6. The maximum atomic E-state index is 11.9. The molecule has 9 nitrogen and oxygen atoms in total. The quantitative estimate of drug-likeness (QED) is 0.245. The zero-order chi connectivity index (χ0) is 16.4. The number of aliphatic carboxylic acids is 1. The molecule has 7 N–H and O–H groups in total. The third-order valence-corrected chi connectivity index (χ3v) is 2.86. The summed E-state index contributed by atoms with van der Waals surface area (Å²) in [6.07, 6.45) is -0.268. The van der Waals surface area contributed by atoms with Crippen LogP contribution in [0.15, 0.2) is 0 Å². The number of hydrogen-bond acceptors (Lipinski definition) is 6. The molecule has 0 radical (unpaired) electrons. The first-order valence-electron chi connectivity index (χ1n) is 6.23. The number of carbonyl (C=O) groups is 4. The average Bonchev–Trinajstić information content (AvgIpc) is 2.40. The number of thiol groups is 1. The van der Waals surface area contributed by atoms with Gasteiger partial charge in [-0.3, -0.25) is 14.4 Å². The molecule has 0 aromatic carbocycles. The van der Waals surface area contributed by atoms with E-state index in [1.165, 1.54) is 0 Å². The van der Waals surface area contributed by atoms with Crippen molar-refractivity contribution < 1.29 is 24.3 Å². The number of amides is 3. The molecular weight excluding hydrogens is 300 g/mol. The van der Waals surface area contributed by atoms with E-state index in [4.69, 9.17) is 16.6 Å². The van der Waals surface area contributed by atoms with Gasteiger partial charge in [0.1, 0.15) is 12.1 Å². The maximum Gasteiger partial charge on any atom is 0.326 e. The molecule has 0 heterocycles. The van der Waals surface area contributed by atoms with Crippen LogP contribution in [0.5, 0.6) is 0 Å². The molecule has 0 saturated heterocycles. The molecule has 120 valence electrons. The SMILES string of the molecule is NCCC(=O)NC(CS)C(=O)NC(CCC(N)=O)C(=O)O. The summed E-state index contributed by atoms with van der Waals surface area (Å²) in [6.45, 7) is 0.128. The highest BCUT2D eigenvalue weighted by Gasteiger charge is 2.25. The van der Waals surface area contributed by atoms with Crippen molar-refractivity contribution in [3.63, 3.8) is 0 Å². The number of carboxylic acid groups (broad SMARTS) is 1. The van der Waals surface area contributed by atoms with Gasteiger partial charge in [-0.1, -0.05) is 0 Å². The molecule has 2 atom stereocenters. The summed E-state index contributed by atoms with van der Waals surface area (Å²) < 4.78 is 0. The predicted octanol–water partition coefficient (Wildman–Crippen LogP) is -2.42. The van der Waals surface area contributed by atoms with E-state index >= 15 is 0 Å². The maximum absolute atomic E-state index is 11.9. The Kier molecular flexibility index (Phi) is 9.13. The smallest absolute Gasteiger partial charge is 0.326 e. The van der Waals surface area contributed by atoms with Gasteiger partial charge in [-0.2, -0.15) is 12.6 Å². The second-order valence-corrected chi connectivity index (χ2v) is 4.61. The number of nitrogens with two attached hydrogens (primary N) is 2. The Labute approximate surface area is 127 Å². The molecule has 0 saturated carbocycles. The highest BCUT2D eigenvalue weighted by Crippen LogP contribution is 1.99. The zero-order valence-corrected chi connectivity index (χ0v) is 12.3. The van der Waals surface area contributed by atoms with Gasteiger partial charge >= 0.3 is 5.97 Å². The minimum absolute atomic E-state index is 0.00962. The van der Waals surface area contributed by atoms with Crippen LogP contribution in [0, 0.1) is 0 Å². The molecule has 21 heavy (non-hydrogen) atoms. The Bertz CT molecular complexity index is 404. The van der Waals surface area contributed by atoms with E-state index in [1.54, 1.807) is 0 Å². The van der Waals surface area contributed by atoms with Gasteiger partial charge in [-0.25, -0.2) is 4.79 Å². The normalized spacial score (nSPS) is 13.0. The van der Waals surface area contributed by atoms with Crippen molar-refractivity contribution in [2.45, 2.75) is 31.3 Å². The topological polar surface area (TPSA) is 165 Å². The lowest BCUT2D eigenvalue weighted by Crippen LogP contribution is -2.52. The molecule has 0 aromatic rings. The van der Waals surface area contributed by atoms with E-state index in [9.17, 15) is 19.2 Å². The highest BCUT2D eigenvalue weighted by molar-refractivity contribution is 7.80. The molecule has 2 unspecified atom stereocenters. The van der Waals surface area contributed by atoms with Crippen molar-refractivity contribution in [3.8, 4) is 0 Å². The van der Waals surface area contributed by atoms with E-state index in [0.717, 1.165) is 0 Å². The van der Waals surface area contributed by atoms with Crippen LogP contribution in [0.2, 0.25) is 0 Å². The Morgan fingerprint density at radius 1 is 1.10 bits per heavy atom. The Hall–Kier alpha value is -1.81. The fraction of sp³-hybridized carbons (Fsp3) is 0.636. The number of rotatable bonds is 10. The zero-order valence-electron chi connectivity index (χ0n) is 11.4. The molecule has 0 spiro atoms. The lowest BCUT2D eigenvalue weighted by molar-refractivity contribution is -0.142. The van der Waals surface area contributed by atoms with Crippen LogP contribution in [0.3, 0.4) is 0 Å². The van der Waals surface area contributed by atoms with E-state index in [1.807, 2.05) is 0 Å². The van der Waals surface area contributed by atoms with Crippen molar-refractivity contribution >= 4 is 36.3 Å². The standard InChI is InChI=1S/C11H20N4O5S/c12-4-3-9(17)14-7(5-21)10(18)15-6(11(19)20)1-2-8(13)16/h6-7,21H,1-5,12H2,(H2,13,16)(H,14,17)(H,15,18)(H,19,20). The summed E-state index contributed by atoms with van der Waals surface area (Å²) in [5, 5.41) is 13.6. The second-order valence-electron chi connectivity index (χ2n) is 4.25. The number of nitrogens with one attached hydrogen (secondary N) is 2. The summed E-state index contributed by atoms with van der Waals surface area (Å²) in [5.41, 5.74) is 10.1. The Balaban J connectivity index is 4.59. The number of carboxylic acids is 1. The molecule has 0 rings (SSSR count). The molecule has 3 amide bonds. The fourth-order valence-corrected chi connectivity index (χ4v) is 1.67. The predicted molar refractivity (Wildman–Crippen MR) is 77.5 cm³/mol. The van der Waals surface area contributed by atoms with Gasteiger partial charge in [0.2, 0.25) is 17.7 Å². The van der Waals surface area contributed by atoms with Crippen molar-refractivity contribution in [2.24, 2.45) is 11.5 Å². The first-order chi connectivity index (χ1) is 9.81. The molecule has 0 aromatic heterocycles. The lowest BCUT2D eigenvalue weighted by Gasteiger charge is -2.19. The van der Waals surface area contributed by atoms with Crippen LogP contribution < -0.4 is 22.1 Å². The largest absolute Gasteiger partial charge is 0.480 e. The van der Waals surface area contributed by atoms with Gasteiger partial charge in [-0.05, 0) is 6.42 Å². The second kappa shape index (κ2) is 10.00. The van der Waals surface area contributed by atoms with Crippen LogP contribution in [0.4, 0.5) is 0 Å². The number of carbonyl (C=O) groups excluding carboxylic acids is 3. The average molecular weight is 320 g/mol. The minimum Gasteiger partial charge on any atom is -0.480 e. The Morgan fingerprint density at radius 3 is 2.14 bits per heavy atom. The van der Waals surface area contributed by atoms with Crippen molar-refractivity contribution in [3.05, 3.63) is 0 Å². The summed E-state index contributed by atoms with van der Waals surface area (Å²) in [7, 11) is 0. The van der Waals surface area contributed by atoms with Gasteiger partial charge in [0.15, 0.2) is 0 Å². The molecule has 0 bridgehead atoms. The van der Waals surface area contributed by atoms with Crippen LogP contribution in [0.1, 0.15) is 19.3 Å². The molecule has 0 aliphatic heterocycles. The van der Waals surface area contributed by atoms with Gasteiger partial charge in [-0.15, -0.1) is 0 Å². The molecule has 0 fully saturated rings. The van der Waals surface area contributed by atoms with E-state index in [0.29, 0.717) is 0 Å². The summed E-state index contributed by atoms with van der Waals surface area (Å²) in [4.78, 5) is 44.9. The summed E-state index contributed by atoms with van der Waals surface area (Å²) in [6, 6.07) is -2.25. The summed E-state index contributed by atoms with van der Waals surface area (Å²) in [5.74, 6) is -3.11. The van der Waals surface area contributed by atoms with Crippen LogP contribution in [-0.4, -0.2) is 53.2 Å². The monoisotopic (exact) mass is 320 g/mol. The third-order valence-electron chi connectivity index (χ3n) is 2.50. The van der Waals surface area contributed by atoms with E-state index in [-0.39, 0.29) is 31.6 Å². The van der Waals surface area contributed by atoms with Crippen LogP contribution in [-0.2, 0) is 19.2 Å². The van der Waals surface area contributed by atoms with Crippen LogP contribution >= 0.6 is 12.6 Å². The van der Waals surface area contributed by atoms with Gasteiger partial charge in [0, 0.05) is 25.1 Å². The van der Waals surface area contributed by atoms with Gasteiger partial charge in [0.05, 0.1) is 0 Å². The first-order valence-corrected chi connectivity index (χ1v) is 6.86. The molecule has 0 aliphatic rings. The third kappa shape index (κ3) is 8.15. The lowest BCUT2D eigenvalue weighted by atomic mass is 10.1. The van der Waals surface area contributed by atoms with Crippen molar-refractivity contribution in [2.75, 3.05) is 12.3 Å². The molecule has 0 aliphatic carbocycles. The first kappa shape index (κ1) is 19.2. The number of primary amides is 1. The fourth-order valence-electron chi connectivity index (χ4n) is 1.41. The van der Waals surface area contributed by atoms with E-state index < -0.39 is 35.8 Å². The molecule has 10 heteroatoms.